The highest BCUT2D eigenvalue weighted by Gasteiger charge is 2.16. The zero-order valence-corrected chi connectivity index (χ0v) is 11.9. The van der Waals surface area contributed by atoms with Gasteiger partial charge in [0.1, 0.15) is 0 Å². The maximum absolute atomic E-state index is 6.05. The zero-order chi connectivity index (χ0) is 11.5. The predicted molar refractivity (Wildman–Crippen MR) is 72.8 cm³/mol. The Kier molecular flexibility index (Phi) is 4.28. The van der Waals surface area contributed by atoms with E-state index >= 15 is 0 Å². The number of rotatable bonds is 2. The minimum atomic E-state index is 0.814. The van der Waals surface area contributed by atoms with Crippen molar-refractivity contribution in [2.45, 2.75) is 26.3 Å². The number of piperidine rings is 1. The zero-order valence-electron chi connectivity index (χ0n) is 9.55. The van der Waals surface area contributed by atoms with Gasteiger partial charge in [-0.05, 0) is 49.1 Å². The minimum absolute atomic E-state index is 0.814. The molecule has 0 bridgehead atoms. The van der Waals surface area contributed by atoms with E-state index in [0.29, 0.717) is 0 Å². The van der Waals surface area contributed by atoms with Crippen molar-refractivity contribution in [3.8, 4) is 0 Å². The number of likely N-dealkylation sites (tertiary alicyclic amines) is 1. The molecule has 88 valence electrons. The van der Waals surface area contributed by atoms with E-state index in [1.54, 1.807) is 0 Å². The second-order valence-corrected chi connectivity index (χ2v) is 6.11. The van der Waals surface area contributed by atoms with Crippen LogP contribution in [-0.4, -0.2) is 18.0 Å². The number of benzene rings is 1. The SMILES string of the molecule is CC1CCCN(Cc2cc(Cl)cc(Br)c2)C1. The van der Waals surface area contributed by atoms with Crippen molar-refractivity contribution in [3.05, 3.63) is 33.3 Å². The minimum Gasteiger partial charge on any atom is -0.299 e. The number of halogens is 2. The van der Waals surface area contributed by atoms with Gasteiger partial charge in [0.15, 0.2) is 0 Å². The third-order valence-electron chi connectivity index (χ3n) is 3.07. The molecule has 0 amide bonds. The van der Waals surface area contributed by atoms with Crippen molar-refractivity contribution in [1.82, 2.24) is 4.90 Å². The second kappa shape index (κ2) is 5.52. The van der Waals surface area contributed by atoms with E-state index in [4.69, 9.17) is 11.6 Å². The summed E-state index contributed by atoms with van der Waals surface area (Å²) in [6, 6.07) is 6.15. The van der Waals surface area contributed by atoms with Gasteiger partial charge in [-0.2, -0.15) is 0 Å². The molecule has 1 aliphatic heterocycles. The molecule has 1 aliphatic rings. The smallest absolute Gasteiger partial charge is 0.0420 e. The van der Waals surface area contributed by atoms with Gasteiger partial charge in [-0.15, -0.1) is 0 Å². The number of hydrogen-bond acceptors (Lipinski definition) is 1. The third kappa shape index (κ3) is 3.47. The summed E-state index contributed by atoms with van der Waals surface area (Å²) in [6.07, 6.45) is 2.69. The van der Waals surface area contributed by atoms with E-state index in [2.05, 4.69) is 39.9 Å². The average molecular weight is 303 g/mol. The Morgan fingerprint density at radius 1 is 1.44 bits per heavy atom. The molecule has 1 unspecified atom stereocenters. The van der Waals surface area contributed by atoms with Crippen molar-refractivity contribution < 1.29 is 0 Å². The van der Waals surface area contributed by atoms with E-state index < -0.39 is 0 Å². The van der Waals surface area contributed by atoms with Crippen LogP contribution < -0.4 is 0 Å². The number of hydrogen-bond donors (Lipinski definition) is 0. The van der Waals surface area contributed by atoms with Crippen LogP contribution in [0.1, 0.15) is 25.3 Å². The topological polar surface area (TPSA) is 3.24 Å². The summed E-state index contributed by atoms with van der Waals surface area (Å²) in [5.74, 6) is 0.830. The highest BCUT2D eigenvalue weighted by atomic mass is 79.9. The van der Waals surface area contributed by atoms with E-state index in [9.17, 15) is 0 Å². The maximum Gasteiger partial charge on any atom is 0.0420 e. The first-order valence-corrected chi connectivity index (χ1v) is 6.98. The molecule has 3 heteroatoms. The Labute approximate surface area is 111 Å². The van der Waals surface area contributed by atoms with Gasteiger partial charge in [0.05, 0.1) is 0 Å². The summed E-state index contributed by atoms with van der Waals surface area (Å²) < 4.78 is 1.07. The van der Waals surface area contributed by atoms with Crippen LogP contribution in [0.3, 0.4) is 0 Å². The van der Waals surface area contributed by atoms with Crippen LogP contribution in [0.2, 0.25) is 5.02 Å². The summed E-state index contributed by atoms with van der Waals surface area (Å²) in [6.45, 7) is 5.78. The van der Waals surface area contributed by atoms with Crippen LogP contribution in [0.4, 0.5) is 0 Å². The lowest BCUT2D eigenvalue weighted by Crippen LogP contribution is -2.33. The Balaban J connectivity index is 2.02. The van der Waals surface area contributed by atoms with Crippen molar-refractivity contribution in [2.75, 3.05) is 13.1 Å². The van der Waals surface area contributed by atoms with Crippen LogP contribution >= 0.6 is 27.5 Å². The standard InChI is InChI=1S/C13H17BrClN/c1-10-3-2-4-16(8-10)9-11-5-12(14)7-13(15)6-11/h5-7,10H,2-4,8-9H2,1H3. The predicted octanol–water partition coefficient (Wildman–Crippen LogP) is 4.33. The summed E-state index contributed by atoms with van der Waals surface area (Å²) in [5, 5.41) is 0.814. The van der Waals surface area contributed by atoms with Crippen LogP contribution in [0.15, 0.2) is 22.7 Å². The molecule has 0 spiro atoms. The normalized spacial score (nSPS) is 22.3. The fourth-order valence-electron chi connectivity index (χ4n) is 2.39. The molecule has 1 aromatic carbocycles. The maximum atomic E-state index is 6.05. The van der Waals surface area contributed by atoms with Gasteiger partial charge in [-0.25, -0.2) is 0 Å². The average Bonchev–Trinajstić information content (AvgIpc) is 2.15. The van der Waals surface area contributed by atoms with Gasteiger partial charge in [0.25, 0.3) is 0 Å². The van der Waals surface area contributed by atoms with E-state index in [0.717, 1.165) is 22.0 Å². The molecule has 2 rings (SSSR count). The van der Waals surface area contributed by atoms with Gasteiger partial charge in [0.2, 0.25) is 0 Å². The fraction of sp³-hybridized carbons (Fsp3) is 0.538. The third-order valence-corrected chi connectivity index (χ3v) is 3.75. The highest BCUT2D eigenvalue weighted by Crippen LogP contribution is 2.23. The van der Waals surface area contributed by atoms with Crippen LogP contribution in [-0.2, 0) is 6.54 Å². The van der Waals surface area contributed by atoms with Gasteiger partial charge < -0.3 is 0 Å². The first kappa shape index (κ1) is 12.4. The van der Waals surface area contributed by atoms with Crippen LogP contribution in [0.5, 0.6) is 0 Å². The van der Waals surface area contributed by atoms with Crippen molar-refractivity contribution >= 4 is 27.5 Å². The summed E-state index contributed by atoms with van der Waals surface area (Å²) >= 11 is 9.53. The van der Waals surface area contributed by atoms with Gasteiger partial charge >= 0.3 is 0 Å². The molecule has 1 nitrogen and oxygen atoms in total. The molecule has 1 atom stereocenters. The second-order valence-electron chi connectivity index (χ2n) is 4.76. The van der Waals surface area contributed by atoms with Crippen LogP contribution in [0, 0.1) is 5.92 Å². The lowest BCUT2D eigenvalue weighted by molar-refractivity contribution is 0.176. The quantitative estimate of drug-likeness (QED) is 0.786. The van der Waals surface area contributed by atoms with Crippen LogP contribution in [0.25, 0.3) is 0 Å². The Hall–Kier alpha value is -0.0500. The van der Waals surface area contributed by atoms with E-state index in [1.807, 2.05) is 6.07 Å². The fourth-order valence-corrected chi connectivity index (χ4v) is 3.32. The molecule has 16 heavy (non-hydrogen) atoms. The van der Waals surface area contributed by atoms with Crippen molar-refractivity contribution in [3.63, 3.8) is 0 Å². The largest absolute Gasteiger partial charge is 0.299 e. The summed E-state index contributed by atoms with van der Waals surface area (Å²) in [5.41, 5.74) is 1.30. The van der Waals surface area contributed by atoms with Gasteiger partial charge in [-0.1, -0.05) is 34.5 Å². The van der Waals surface area contributed by atoms with Crippen molar-refractivity contribution in [1.29, 1.82) is 0 Å². The summed E-state index contributed by atoms with van der Waals surface area (Å²) in [7, 11) is 0. The molecule has 0 aliphatic carbocycles. The van der Waals surface area contributed by atoms with E-state index in [-0.39, 0.29) is 0 Å². The molecule has 0 radical (unpaired) electrons. The Morgan fingerprint density at radius 3 is 2.94 bits per heavy atom. The molecule has 1 saturated heterocycles. The monoisotopic (exact) mass is 301 g/mol. The Morgan fingerprint density at radius 2 is 2.25 bits per heavy atom. The molecule has 0 aromatic heterocycles. The molecule has 0 N–H and O–H groups in total. The molecule has 0 saturated carbocycles. The molecular weight excluding hydrogens is 286 g/mol. The molecular formula is C13H17BrClN. The number of nitrogens with zero attached hydrogens (tertiary/aromatic N) is 1. The lowest BCUT2D eigenvalue weighted by Gasteiger charge is -2.30. The van der Waals surface area contributed by atoms with Crippen molar-refractivity contribution in [2.24, 2.45) is 5.92 Å². The highest BCUT2D eigenvalue weighted by molar-refractivity contribution is 9.10. The molecule has 1 aromatic rings. The first-order valence-electron chi connectivity index (χ1n) is 5.81. The van der Waals surface area contributed by atoms with Gasteiger partial charge in [0, 0.05) is 22.6 Å². The molecule has 1 heterocycles. The van der Waals surface area contributed by atoms with Gasteiger partial charge in [-0.3, -0.25) is 4.90 Å². The first-order chi connectivity index (χ1) is 7.63. The molecule has 1 fully saturated rings. The lowest BCUT2D eigenvalue weighted by atomic mass is 10.00. The van der Waals surface area contributed by atoms with E-state index in [1.165, 1.54) is 31.5 Å². The Bertz CT molecular complexity index is 347. The summed E-state index contributed by atoms with van der Waals surface area (Å²) in [4.78, 5) is 2.52.